The Morgan fingerprint density at radius 2 is 1.97 bits per heavy atom. The Hall–Kier alpha value is -1.73. The van der Waals surface area contributed by atoms with E-state index in [0.29, 0.717) is 28.4 Å². The number of hydrogen-bond acceptors (Lipinski definition) is 4. The quantitative estimate of drug-likeness (QED) is 0.537. The molecule has 2 aromatic carbocycles. The first-order valence-electron chi connectivity index (χ1n) is 9.78. The van der Waals surface area contributed by atoms with Crippen LogP contribution in [0.1, 0.15) is 18.9 Å². The predicted molar refractivity (Wildman–Crippen MR) is 118 cm³/mol. The molecule has 5 rings (SSSR count). The molecule has 3 heterocycles. The second-order valence-electron chi connectivity index (χ2n) is 7.61. The molecule has 3 aromatic rings. The SMILES string of the molecule is S=c1[nH]c2cc(Cl)ccc2n1C1CCN(CC2COc3c(Cl)cccc3O2)CC1. The summed E-state index contributed by atoms with van der Waals surface area (Å²) in [5, 5.41) is 1.31. The van der Waals surface area contributed by atoms with Gasteiger partial charge in [-0.05, 0) is 55.4 Å². The lowest BCUT2D eigenvalue weighted by atomic mass is 10.0. The van der Waals surface area contributed by atoms with Gasteiger partial charge in [0, 0.05) is 30.7 Å². The number of likely N-dealkylation sites (tertiary alicyclic amines) is 1. The van der Waals surface area contributed by atoms with Crippen LogP contribution in [-0.4, -0.2) is 46.8 Å². The molecule has 1 fully saturated rings. The second-order valence-corrected chi connectivity index (χ2v) is 8.84. The molecule has 0 bridgehead atoms. The van der Waals surface area contributed by atoms with E-state index in [1.807, 2.05) is 36.4 Å². The third-order valence-electron chi connectivity index (χ3n) is 5.70. The maximum absolute atomic E-state index is 6.17. The molecule has 1 N–H and O–H groups in total. The van der Waals surface area contributed by atoms with Crippen molar-refractivity contribution in [2.24, 2.45) is 0 Å². The molecule has 0 spiro atoms. The lowest BCUT2D eigenvalue weighted by Crippen LogP contribution is -2.44. The largest absolute Gasteiger partial charge is 0.484 e. The topological polar surface area (TPSA) is 42.4 Å². The third-order valence-corrected chi connectivity index (χ3v) is 6.53. The molecule has 0 amide bonds. The van der Waals surface area contributed by atoms with Gasteiger partial charge in [-0.15, -0.1) is 0 Å². The maximum Gasteiger partial charge on any atom is 0.179 e. The number of aromatic nitrogens is 2. The third kappa shape index (κ3) is 3.75. The van der Waals surface area contributed by atoms with Crippen molar-refractivity contribution >= 4 is 46.5 Å². The number of hydrogen-bond donors (Lipinski definition) is 1. The average Bonchev–Trinajstić information content (AvgIpc) is 3.03. The summed E-state index contributed by atoms with van der Waals surface area (Å²) >= 11 is 17.9. The van der Waals surface area contributed by atoms with Crippen molar-refractivity contribution in [3.05, 3.63) is 51.2 Å². The van der Waals surface area contributed by atoms with Crippen molar-refractivity contribution in [1.82, 2.24) is 14.5 Å². The smallest absolute Gasteiger partial charge is 0.179 e. The molecule has 8 heteroatoms. The number of halogens is 2. The second kappa shape index (κ2) is 7.84. The molecule has 1 atom stereocenters. The molecule has 0 saturated carbocycles. The van der Waals surface area contributed by atoms with Crippen LogP contribution in [0.25, 0.3) is 11.0 Å². The van der Waals surface area contributed by atoms with E-state index in [9.17, 15) is 0 Å². The highest BCUT2D eigenvalue weighted by Crippen LogP contribution is 2.38. The summed E-state index contributed by atoms with van der Waals surface area (Å²) in [4.78, 5) is 5.73. The Kier molecular flexibility index (Phi) is 5.20. The van der Waals surface area contributed by atoms with E-state index in [0.717, 1.165) is 54.0 Å². The number of nitrogens with one attached hydrogen (secondary N) is 1. The summed E-state index contributed by atoms with van der Waals surface area (Å²) in [7, 11) is 0. The summed E-state index contributed by atoms with van der Waals surface area (Å²) in [5.41, 5.74) is 2.12. The van der Waals surface area contributed by atoms with Crippen LogP contribution in [0.4, 0.5) is 0 Å². The lowest BCUT2D eigenvalue weighted by Gasteiger charge is -2.36. The standard InChI is InChI=1S/C21H21Cl2N3O2S/c22-13-4-5-18-17(10-13)24-21(29)26(18)14-6-8-25(9-7-14)11-15-12-27-20-16(23)2-1-3-19(20)28-15/h1-5,10,14-15H,6-9,11-12H2,(H,24,29). The Balaban J connectivity index is 1.24. The van der Waals surface area contributed by atoms with Gasteiger partial charge in [0.15, 0.2) is 16.3 Å². The maximum atomic E-state index is 6.17. The normalized spacial score (nSPS) is 20.3. The number of ether oxygens (including phenoxy) is 2. The van der Waals surface area contributed by atoms with Crippen LogP contribution in [-0.2, 0) is 0 Å². The van der Waals surface area contributed by atoms with Crippen molar-refractivity contribution in [1.29, 1.82) is 0 Å². The minimum Gasteiger partial charge on any atom is -0.484 e. The minimum atomic E-state index is 0.00918. The van der Waals surface area contributed by atoms with Crippen LogP contribution in [0.15, 0.2) is 36.4 Å². The molecule has 2 aliphatic rings. The van der Waals surface area contributed by atoms with Crippen molar-refractivity contribution in [3.63, 3.8) is 0 Å². The summed E-state index contributed by atoms with van der Waals surface area (Å²) in [5.74, 6) is 1.38. The summed E-state index contributed by atoms with van der Waals surface area (Å²) in [6.07, 6.45) is 2.09. The van der Waals surface area contributed by atoms with Gasteiger partial charge in [-0.1, -0.05) is 29.3 Å². The van der Waals surface area contributed by atoms with Gasteiger partial charge in [0.2, 0.25) is 0 Å². The molecule has 0 aliphatic carbocycles. The Morgan fingerprint density at radius 1 is 1.14 bits per heavy atom. The lowest BCUT2D eigenvalue weighted by molar-refractivity contribution is 0.0487. The highest BCUT2D eigenvalue weighted by Gasteiger charge is 2.28. The van der Waals surface area contributed by atoms with E-state index in [1.165, 1.54) is 0 Å². The van der Waals surface area contributed by atoms with Crippen LogP contribution in [0.2, 0.25) is 10.0 Å². The Labute approximate surface area is 184 Å². The van der Waals surface area contributed by atoms with E-state index in [4.69, 9.17) is 44.9 Å². The first-order valence-corrected chi connectivity index (χ1v) is 10.9. The average molecular weight is 450 g/mol. The van der Waals surface area contributed by atoms with Crippen LogP contribution in [0.5, 0.6) is 11.5 Å². The highest BCUT2D eigenvalue weighted by atomic mass is 35.5. The van der Waals surface area contributed by atoms with Gasteiger partial charge in [-0.2, -0.15) is 0 Å². The fourth-order valence-electron chi connectivity index (χ4n) is 4.32. The van der Waals surface area contributed by atoms with Crippen LogP contribution < -0.4 is 9.47 Å². The summed E-state index contributed by atoms with van der Waals surface area (Å²) in [6.45, 7) is 3.35. The van der Waals surface area contributed by atoms with Crippen molar-refractivity contribution in [2.75, 3.05) is 26.2 Å². The molecule has 1 unspecified atom stereocenters. The zero-order valence-corrected chi connectivity index (χ0v) is 18.1. The number of imidazole rings is 1. The van der Waals surface area contributed by atoms with E-state index >= 15 is 0 Å². The monoisotopic (exact) mass is 449 g/mol. The molecule has 2 aliphatic heterocycles. The van der Waals surface area contributed by atoms with Gasteiger partial charge < -0.3 is 19.0 Å². The Bertz CT molecular complexity index is 1100. The van der Waals surface area contributed by atoms with Crippen molar-refractivity contribution in [3.8, 4) is 11.5 Å². The molecule has 152 valence electrons. The number of rotatable bonds is 3. The number of nitrogens with zero attached hydrogens (tertiary/aromatic N) is 2. The number of benzene rings is 2. The molecule has 29 heavy (non-hydrogen) atoms. The van der Waals surface area contributed by atoms with E-state index < -0.39 is 0 Å². The van der Waals surface area contributed by atoms with Gasteiger partial charge >= 0.3 is 0 Å². The van der Waals surface area contributed by atoms with Gasteiger partial charge in [0.1, 0.15) is 12.7 Å². The molecule has 1 aromatic heterocycles. The van der Waals surface area contributed by atoms with Gasteiger partial charge in [0.05, 0.1) is 16.1 Å². The summed E-state index contributed by atoms with van der Waals surface area (Å²) < 4.78 is 15.0. The molecule has 5 nitrogen and oxygen atoms in total. The van der Waals surface area contributed by atoms with E-state index in [1.54, 1.807) is 0 Å². The fraction of sp³-hybridized carbons (Fsp3) is 0.381. The summed E-state index contributed by atoms with van der Waals surface area (Å²) in [6, 6.07) is 11.9. The number of H-pyrrole nitrogens is 1. The van der Waals surface area contributed by atoms with Gasteiger partial charge in [-0.3, -0.25) is 4.90 Å². The predicted octanol–water partition coefficient (Wildman–Crippen LogP) is 5.48. The Morgan fingerprint density at radius 3 is 2.79 bits per heavy atom. The molecule has 0 radical (unpaired) electrons. The van der Waals surface area contributed by atoms with E-state index in [2.05, 4.69) is 14.5 Å². The van der Waals surface area contributed by atoms with E-state index in [-0.39, 0.29) is 6.10 Å². The van der Waals surface area contributed by atoms with Crippen LogP contribution in [0.3, 0.4) is 0 Å². The fourth-order valence-corrected chi connectivity index (χ4v) is 5.07. The zero-order valence-electron chi connectivity index (χ0n) is 15.7. The minimum absolute atomic E-state index is 0.00918. The highest BCUT2D eigenvalue weighted by molar-refractivity contribution is 7.71. The molecular weight excluding hydrogens is 429 g/mol. The zero-order chi connectivity index (χ0) is 20.0. The molecular formula is C21H21Cl2N3O2S. The number of aromatic amines is 1. The molecule has 1 saturated heterocycles. The van der Waals surface area contributed by atoms with Crippen molar-refractivity contribution < 1.29 is 9.47 Å². The van der Waals surface area contributed by atoms with Crippen LogP contribution >= 0.6 is 35.4 Å². The number of piperidine rings is 1. The van der Waals surface area contributed by atoms with Crippen molar-refractivity contribution in [2.45, 2.75) is 25.0 Å². The number of para-hydroxylation sites is 1. The first kappa shape index (κ1) is 19.2. The van der Waals surface area contributed by atoms with Gasteiger partial charge in [0.25, 0.3) is 0 Å². The van der Waals surface area contributed by atoms with Crippen LogP contribution in [0, 0.1) is 4.77 Å². The first-order chi connectivity index (χ1) is 14.1. The number of fused-ring (bicyclic) bond motifs is 2. The van der Waals surface area contributed by atoms with Gasteiger partial charge in [-0.25, -0.2) is 0 Å².